The van der Waals surface area contributed by atoms with Crippen LogP contribution in [0.5, 0.6) is 0 Å². The van der Waals surface area contributed by atoms with Gasteiger partial charge in [0.15, 0.2) is 5.65 Å². The topological polar surface area (TPSA) is 42.2 Å². The number of hydrogen-bond donors (Lipinski definition) is 1. The summed E-state index contributed by atoms with van der Waals surface area (Å²) >= 11 is 3.48. The summed E-state index contributed by atoms with van der Waals surface area (Å²) in [5, 5.41) is 7.71. The van der Waals surface area contributed by atoms with Crippen LogP contribution >= 0.6 is 15.9 Å². The van der Waals surface area contributed by atoms with Crippen LogP contribution in [0.2, 0.25) is 0 Å². The van der Waals surface area contributed by atoms with Crippen LogP contribution in [0.15, 0.2) is 53.1 Å². The highest BCUT2D eigenvalue weighted by molar-refractivity contribution is 9.10. The minimum absolute atomic E-state index is 0.516. The van der Waals surface area contributed by atoms with Gasteiger partial charge in [0.25, 0.3) is 0 Å². The number of halogens is 1. The Morgan fingerprint density at radius 2 is 2.00 bits per heavy atom. The van der Waals surface area contributed by atoms with Crippen LogP contribution in [0, 0.1) is 0 Å². The third-order valence-corrected chi connectivity index (χ3v) is 4.16. The molecular formula is C16H17BrN4. The standard InChI is InChI=1S/C16H17BrN4/c1-12(13-6-3-2-4-7-13)9-10-18-16-19-15-14(17)8-5-11-21(15)20-16/h2-8,11-12H,9-10H2,1H3,(H,18,20). The van der Waals surface area contributed by atoms with Crippen LogP contribution in [-0.2, 0) is 0 Å². The zero-order chi connectivity index (χ0) is 14.7. The molecule has 4 nitrogen and oxygen atoms in total. The van der Waals surface area contributed by atoms with Crippen molar-refractivity contribution in [1.82, 2.24) is 14.6 Å². The summed E-state index contributed by atoms with van der Waals surface area (Å²) in [4.78, 5) is 4.48. The highest BCUT2D eigenvalue weighted by Crippen LogP contribution is 2.19. The quantitative estimate of drug-likeness (QED) is 0.757. The van der Waals surface area contributed by atoms with E-state index in [1.165, 1.54) is 5.56 Å². The van der Waals surface area contributed by atoms with Gasteiger partial charge < -0.3 is 5.32 Å². The van der Waals surface area contributed by atoms with E-state index in [2.05, 4.69) is 62.5 Å². The second kappa shape index (κ2) is 6.26. The van der Waals surface area contributed by atoms with Gasteiger partial charge in [-0.1, -0.05) is 37.3 Å². The molecule has 1 unspecified atom stereocenters. The lowest BCUT2D eigenvalue weighted by Crippen LogP contribution is -2.07. The number of hydrogen-bond acceptors (Lipinski definition) is 3. The minimum Gasteiger partial charge on any atom is -0.353 e. The Kier molecular flexibility index (Phi) is 4.20. The molecule has 21 heavy (non-hydrogen) atoms. The molecule has 108 valence electrons. The molecule has 3 aromatic rings. The first kappa shape index (κ1) is 14.1. The summed E-state index contributed by atoms with van der Waals surface area (Å²) in [6.45, 7) is 3.09. The predicted octanol–water partition coefficient (Wildman–Crippen LogP) is 4.10. The fourth-order valence-corrected chi connectivity index (χ4v) is 2.72. The van der Waals surface area contributed by atoms with Crippen molar-refractivity contribution in [2.24, 2.45) is 0 Å². The van der Waals surface area contributed by atoms with Crippen LogP contribution in [0.25, 0.3) is 5.65 Å². The number of benzene rings is 1. The summed E-state index contributed by atoms with van der Waals surface area (Å²) < 4.78 is 2.72. The number of aromatic nitrogens is 3. The van der Waals surface area contributed by atoms with Crippen molar-refractivity contribution in [2.45, 2.75) is 19.3 Å². The molecule has 0 saturated carbocycles. The number of nitrogens with one attached hydrogen (secondary N) is 1. The van der Waals surface area contributed by atoms with E-state index in [4.69, 9.17) is 0 Å². The van der Waals surface area contributed by atoms with Crippen molar-refractivity contribution in [1.29, 1.82) is 0 Å². The average Bonchev–Trinajstić information content (AvgIpc) is 2.92. The van der Waals surface area contributed by atoms with E-state index in [1.54, 1.807) is 4.52 Å². The Morgan fingerprint density at radius 3 is 2.76 bits per heavy atom. The maximum atomic E-state index is 4.48. The van der Waals surface area contributed by atoms with Gasteiger partial charge in [0.05, 0.1) is 4.47 Å². The summed E-state index contributed by atoms with van der Waals surface area (Å²) in [6.07, 6.45) is 2.94. The number of pyridine rings is 1. The number of nitrogens with zero attached hydrogens (tertiary/aromatic N) is 3. The van der Waals surface area contributed by atoms with Crippen molar-refractivity contribution < 1.29 is 0 Å². The lowest BCUT2D eigenvalue weighted by atomic mass is 9.98. The molecule has 0 saturated heterocycles. The molecule has 1 N–H and O–H groups in total. The van der Waals surface area contributed by atoms with Crippen molar-refractivity contribution in [3.05, 3.63) is 58.7 Å². The van der Waals surface area contributed by atoms with E-state index < -0.39 is 0 Å². The van der Waals surface area contributed by atoms with E-state index in [9.17, 15) is 0 Å². The minimum atomic E-state index is 0.516. The van der Waals surface area contributed by atoms with Gasteiger partial charge in [-0.25, -0.2) is 4.52 Å². The third-order valence-electron chi connectivity index (χ3n) is 3.54. The Balaban J connectivity index is 1.61. The first-order chi connectivity index (χ1) is 10.2. The van der Waals surface area contributed by atoms with Gasteiger partial charge in [-0.15, -0.1) is 5.10 Å². The van der Waals surface area contributed by atoms with E-state index in [1.807, 2.05) is 24.4 Å². The molecule has 0 spiro atoms. The van der Waals surface area contributed by atoms with Gasteiger partial charge in [0.2, 0.25) is 5.95 Å². The lowest BCUT2D eigenvalue weighted by Gasteiger charge is -2.11. The predicted molar refractivity (Wildman–Crippen MR) is 88.7 cm³/mol. The first-order valence-corrected chi connectivity index (χ1v) is 7.83. The summed E-state index contributed by atoms with van der Waals surface area (Å²) in [6, 6.07) is 14.5. The van der Waals surface area contributed by atoms with Crippen molar-refractivity contribution in [3.63, 3.8) is 0 Å². The fraction of sp³-hybridized carbons (Fsp3) is 0.250. The van der Waals surface area contributed by atoms with Gasteiger partial charge in [-0.3, -0.25) is 0 Å². The van der Waals surface area contributed by atoms with E-state index in [0.717, 1.165) is 23.1 Å². The van der Waals surface area contributed by atoms with Crippen molar-refractivity contribution in [3.8, 4) is 0 Å². The summed E-state index contributed by atoms with van der Waals surface area (Å²) in [7, 11) is 0. The smallest absolute Gasteiger partial charge is 0.243 e. The van der Waals surface area contributed by atoms with Gasteiger partial charge >= 0.3 is 0 Å². The fourth-order valence-electron chi connectivity index (χ4n) is 2.30. The highest BCUT2D eigenvalue weighted by atomic mass is 79.9. The van der Waals surface area contributed by atoms with Gasteiger partial charge in [0.1, 0.15) is 0 Å². The monoisotopic (exact) mass is 344 g/mol. The third kappa shape index (κ3) is 3.24. The van der Waals surface area contributed by atoms with E-state index >= 15 is 0 Å². The summed E-state index contributed by atoms with van der Waals surface area (Å²) in [5.41, 5.74) is 2.20. The number of anilines is 1. The molecule has 0 amide bonds. The second-order valence-electron chi connectivity index (χ2n) is 5.09. The molecule has 5 heteroatoms. The van der Waals surface area contributed by atoms with Crippen LogP contribution in [0.1, 0.15) is 24.8 Å². The zero-order valence-corrected chi connectivity index (χ0v) is 13.4. The molecule has 0 radical (unpaired) electrons. The average molecular weight is 345 g/mol. The van der Waals surface area contributed by atoms with Crippen LogP contribution < -0.4 is 5.32 Å². The lowest BCUT2D eigenvalue weighted by molar-refractivity contribution is 0.703. The number of rotatable bonds is 5. The SMILES string of the molecule is CC(CCNc1nc2c(Br)cccn2n1)c1ccccc1. The van der Waals surface area contributed by atoms with Crippen LogP contribution in [-0.4, -0.2) is 21.1 Å². The molecular weight excluding hydrogens is 328 g/mol. The number of fused-ring (bicyclic) bond motifs is 1. The molecule has 0 bridgehead atoms. The normalized spacial score (nSPS) is 12.5. The molecule has 0 fully saturated rings. The largest absolute Gasteiger partial charge is 0.353 e. The Bertz CT molecular complexity index is 723. The van der Waals surface area contributed by atoms with Gasteiger partial charge in [-0.05, 0) is 46.0 Å². The van der Waals surface area contributed by atoms with E-state index in [0.29, 0.717) is 11.9 Å². The Labute approximate surface area is 132 Å². The van der Waals surface area contributed by atoms with Gasteiger partial charge in [-0.2, -0.15) is 4.98 Å². The molecule has 0 aliphatic rings. The highest BCUT2D eigenvalue weighted by Gasteiger charge is 2.07. The molecule has 0 aliphatic heterocycles. The molecule has 2 heterocycles. The maximum Gasteiger partial charge on any atom is 0.243 e. The maximum absolute atomic E-state index is 4.48. The molecule has 3 rings (SSSR count). The van der Waals surface area contributed by atoms with Crippen molar-refractivity contribution >= 4 is 27.5 Å². The Hall–Kier alpha value is -1.88. The van der Waals surface area contributed by atoms with Crippen LogP contribution in [0.3, 0.4) is 0 Å². The zero-order valence-electron chi connectivity index (χ0n) is 11.8. The van der Waals surface area contributed by atoms with Crippen molar-refractivity contribution in [2.75, 3.05) is 11.9 Å². The van der Waals surface area contributed by atoms with Gasteiger partial charge in [0, 0.05) is 12.7 Å². The molecule has 1 aromatic carbocycles. The van der Waals surface area contributed by atoms with E-state index in [-0.39, 0.29) is 0 Å². The van der Waals surface area contributed by atoms with Crippen LogP contribution in [0.4, 0.5) is 5.95 Å². The second-order valence-corrected chi connectivity index (χ2v) is 5.94. The Morgan fingerprint density at radius 1 is 1.19 bits per heavy atom. The molecule has 1 atom stereocenters. The first-order valence-electron chi connectivity index (χ1n) is 7.04. The molecule has 2 aromatic heterocycles. The summed E-state index contributed by atoms with van der Waals surface area (Å²) in [5.74, 6) is 1.18. The molecule has 0 aliphatic carbocycles.